The Morgan fingerprint density at radius 2 is 1.50 bits per heavy atom. The maximum atomic E-state index is 12.2. The van der Waals surface area contributed by atoms with Crippen molar-refractivity contribution in [3.63, 3.8) is 0 Å². The zero-order valence-electron chi connectivity index (χ0n) is 5.82. The zero-order chi connectivity index (χ0) is 9.19. The van der Waals surface area contributed by atoms with E-state index < -0.39 is 12.1 Å². The molecular formula is C7H5F4N. The van der Waals surface area contributed by atoms with Crippen molar-refractivity contribution in [3.05, 3.63) is 30.1 Å². The number of halogens is 4. The monoisotopic (exact) mass is 179 g/mol. The summed E-state index contributed by atoms with van der Waals surface area (Å²) in [5, 5.41) is 1.24. The topological polar surface area (TPSA) is 12.0 Å². The minimum Gasteiger partial charge on any atom is -0.298 e. The van der Waals surface area contributed by atoms with Crippen molar-refractivity contribution in [2.75, 3.05) is 5.32 Å². The minimum atomic E-state index is -4.47. The van der Waals surface area contributed by atoms with Gasteiger partial charge < -0.3 is 0 Å². The molecule has 0 bridgehead atoms. The second kappa shape index (κ2) is 3.00. The summed E-state index contributed by atoms with van der Waals surface area (Å²) < 4.78 is 47.1. The van der Waals surface area contributed by atoms with Crippen molar-refractivity contribution < 1.29 is 17.6 Å². The number of hydrogen-bond donors (Lipinski definition) is 1. The number of alkyl halides is 3. The highest BCUT2D eigenvalue weighted by atomic mass is 19.4. The molecule has 1 aromatic rings. The van der Waals surface area contributed by atoms with Gasteiger partial charge in [-0.1, -0.05) is 0 Å². The molecule has 0 aliphatic heterocycles. The third-order valence-electron chi connectivity index (χ3n) is 1.13. The lowest BCUT2D eigenvalue weighted by atomic mass is 10.3. The summed E-state index contributed by atoms with van der Waals surface area (Å²) in [6, 6.07) is 3.94. The SMILES string of the molecule is Fc1ccc(NC(F)(F)F)cc1. The average Bonchev–Trinajstić information content (AvgIpc) is 1.91. The predicted molar refractivity (Wildman–Crippen MR) is 36.1 cm³/mol. The Morgan fingerprint density at radius 3 is 1.92 bits per heavy atom. The molecule has 0 radical (unpaired) electrons. The van der Waals surface area contributed by atoms with Crippen LogP contribution in [0.1, 0.15) is 0 Å². The molecule has 0 spiro atoms. The average molecular weight is 179 g/mol. The third-order valence-corrected chi connectivity index (χ3v) is 1.13. The van der Waals surface area contributed by atoms with Gasteiger partial charge in [0.05, 0.1) is 0 Å². The summed E-state index contributed by atoms with van der Waals surface area (Å²) in [5.74, 6) is -0.567. The van der Waals surface area contributed by atoms with Crippen molar-refractivity contribution in [2.24, 2.45) is 0 Å². The Kier molecular flexibility index (Phi) is 2.21. The van der Waals surface area contributed by atoms with Gasteiger partial charge in [0.1, 0.15) is 5.82 Å². The van der Waals surface area contributed by atoms with E-state index in [4.69, 9.17) is 0 Å². The van der Waals surface area contributed by atoms with Gasteiger partial charge in [-0.3, -0.25) is 5.32 Å². The molecule has 0 aliphatic carbocycles. The third kappa shape index (κ3) is 2.77. The fourth-order valence-electron chi connectivity index (χ4n) is 0.697. The van der Waals surface area contributed by atoms with Gasteiger partial charge in [-0.05, 0) is 24.3 Å². The highest BCUT2D eigenvalue weighted by molar-refractivity contribution is 5.43. The summed E-state index contributed by atoms with van der Waals surface area (Å²) in [4.78, 5) is 0. The lowest BCUT2D eigenvalue weighted by Gasteiger charge is -2.08. The van der Waals surface area contributed by atoms with Crippen LogP contribution in [0.3, 0.4) is 0 Å². The van der Waals surface area contributed by atoms with E-state index in [1.165, 1.54) is 5.32 Å². The Bertz CT molecular complexity index is 251. The van der Waals surface area contributed by atoms with Crippen LogP contribution in [0.4, 0.5) is 23.2 Å². The van der Waals surface area contributed by atoms with Crippen molar-refractivity contribution >= 4 is 5.69 Å². The Labute approximate surface area is 66.0 Å². The second-order valence-electron chi connectivity index (χ2n) is 2.13. The first-order chi connectivity index (χ1) is 5.47. The Morgan fingerprint density at radius 1 is 1.00 bits per heavy atom. The number of hydrogen-bond acceptors (Lipinski definition) is 1. The molecular weight excluding hydrogens is 174 g/mol. The summed E-state index contributed by atoms with van der Waals surface area (Å²) in [6.07, 6.45) is -4.47. The van der Waals surface area contributed by atoms with E-state index in [0.717, 1.165) is 24.3 Å². The van der Waals surface area contributed by atoms with Crippen LogP contribution < -0.4 is 5.32 Å². The van der Waals surface area contributed by atoms with Crippen LogP contribution in [0, 0.1) is 5.82 Å². The lowest BCUT2D eigenvalue weighted by Crippen LogP contribution is -2.20. The van der Waals surface area contributed by atoms with Crippen molar-refractivity contribution in [1.82, 2.24) is 0 Å². The Balaban J connectivity index is 2.71. The van der Waals surface area contributed by atoms with Crippen LogP contribution in [0.15, 0.2) is 24.3 Å². The summed E-state index contributed by atoms with van der Waals surface area (Å²) in [7, 11) is 0. The molecule has 0 aliphatic rings. The van der Waals surface area contributed by atoms with E-state index in [-0.39, 0.29) is 5.69 Å². The molecule has 0 atom stereocenters. The number of anilines is 1. The van der Waals surface area contributed by atoms with Crippen LogP contribution in [-0.2, 0) is 0 Å². The number of nitrogens with one attached hydrogen (secondary N) is 1. The number of rotatable bonds is 1. The number of benzene rings is 1. The van der Waals surface area contributed by atoms with E-state index in [9.17, 15) is 17.6 Å². The molecule has 1 aromatic carbocycles. The zero-order valence-corrected chi connectivity index (χ0v) is 5.82. The molecule has 0 heterocycles. The summed E-state index contributed by atoms with van der Waals surface area (Å²) >= 11 is 0. The van der Waals surface area contributed by atoms with Crippen LogP contribution in [0.2, 0.25) is 0 Å². The van der Waals surface area contributed by atoms with Gasteiger partial charge in [-0.2, -0.15) is 13.2 Å². The molecule has 0 fully saturated rings. The molecule has 12 heavy (non-hydrogen) atoms. The maximum absolute atomic E-state index is 12.2. The van der Waals surface area contributed by atoms with Crippen LogP contribution in [-0.4, -0.2) is 6.30 Å². The van der Waals surface area contributed by atoms with E-state index in [2.05, 4.69) is 0 Å². The van der Waals surface area contributed by atoms with Crippen LogP contribution >= 0.6 is 0 Å². The highest BCUT2D eigenvalue weighted by Crippen LogP contribution is 2.19. The van der Waals surface area contributed by atoms with Crippen molar-refractivity contribution in [1.29, 1.82) is 0 Å². The van der Waals surface area contributed by atoms with E-state index in [1.807, 2.05) is 0 Å². The van der Waals surface area contributed by atoms with Crippen LogP contribution in [0.5, 0.6) is 0 Å². The molecule has 0 amide bonds. The first kappa shape index (κ1) is 8.83. The van der Waals surface area contributed by atoms with E-state index >= 15 is 0 Å². The molecule has 0 aromatic heterocycles. The highest BCUT2D eigenvalue weighted by Gasteiger charge is 2.26. The summed E-state index contributed by atoms with van der Waals surface area (Å²) in [6.45, 7) is 0. The van der Waals surface area contributed by atoms with Gasteiger partial charge >= 0.3 is 6.30 Å². The van der Waals surface area contributed by atoms with Gasteiger partial charge in [0.25, 0.3) is 0 Å². The molecule has 5 heteroatoms. The first-order valence-electron chi connectivity index (χ1n) is 3.08. The van der Waals surface area contributed by atoms with E-state index in [1.54, 1.807) is 0 Å². The molecule has 1 N–H and O–H groups in total. The van der Waals surface area contributed by atoms with Crippen LogP contribution in [0.25, 0.3) is 0 Å². The smallest absolute Gasteiger partial charge is 0.298 e. The Hall–Kier alpha value is -1.26. The molecule has 1 rings (SSSR count). The van der Waals surface area contributed by atoms with Gasteiger partial charge in [0.15, 0.2) is 0 Å². The summed E-state index contributed by atoms with van der Waals surface area (Å²) in [5.41, 5.74) is -0.177. The molecule has 1 nitrogen and oxygen atoms in total. The van der Waals surface area contributed by atoms with Crippen molar-refractivity contribution in [3.8, 4) is 0 Å². The molecule has 66 valence electrons. The normalized spacial score (nSPS) is 11.3. The van der Waals surface area contributed by atoms with E-state index in [0.29, 0.717) is 0 Å². The largest absolute Gasteiger partial charge is 0.482 e. The van der Waals surface area contributed by atoms with Gasteiger partial charge in [-0.25, -0.2) is 4.39 Å². The fourth-order valence-corrected chi connectivity index (χ4v) is 0.697. The first-order valence-corrected chi connectivity index (χ1v) is 3.08. The van der Waals surface area contributed by atoms with Crippen molar-refractivity contribution in [2.45, 2.75) is 6.30 Å². The molecule has 0 saturated heterocycles. The maximum Gasteiger partial charge on any atom is 0.482 e. The van der Waals surface area contributed by atoms with Gasteiger partial charge in [-0.15, -0.1) is 0 Å². The van der Waals surface area contributed by atoms with Gasteiger partial charge in [0, 0.05) is 5.69 Å². The standard InChI is InChI=1S/C7H5F4N/c8-5-1-3-6(4-2-5)12-7(9,10)11/h1-4,12H. The molecule has 0 unspecified atom stereocenters. The van der Waals surface area contributed by atoms with Gasteiger partial charge in [0.2, 0.25) is 0 Å². The minimum absolute atomic E-state index is 0.177. The second-order valence-corrected chi connectivity index (χ2v) is 2.13. The predicted octanol–water partition coefficient (Wildman–Crippen LogP) is 2.76. The lowest BCUT2D eigenvalue weighted by molar-refractivity contribution is -0.0999. The molecule has 0 saturated carbocycles. The fraction of sp³-hybridized carbons (Fsp3) is 0.143. The quantitative estimate of drug-likeness (QED) is 0.516.